The predicted molar refractivity (Wildman–Crippen MR) is 171 cm³/mol. The third-order valence-electron chi connectivity index (χ3n) is 8.65. The highest BCUT2D eigenvalue weighted by Gasteiger charge is 2.45. The molecule has 52 heavy (non-hydrogen) atoms. The SMILES string of the molecule is CNC1C(O)OC(CO)[C@@H](O)[C@@H]1O.CNC1[C@@H](O)OC(CO)[C@H](O)[C@H]1O.CNCC1OC(O)C(O)[C@@H](O)[C@@H]1O.CNCC1O[C@H](O)C(O)[C@H](O)[C@H]1O. The highest BCUT2D eigenvalue weighted by atomic mass is 16.7. The smallest absolute Gasteiger partial charge is 0.184 e. The van der Waals surface area contributed by atoms with Gasteiger partial charge in [0.25, 0.3) is 0 Å². The average molecular weight is 773 g/mol. The van der Waals surface area contributed by atoms with Crippen LogP contribution in [0.2, 0.25) is 0 Å². The van der Waals surface area contributed by atoms with E-state index in [9.17, 15) is 51.1 Å². The summed E-state index contributed by atoms with van der Waals surface area (Å²) in [5.74, 6) is 0. The number of ether oxygens (including phenoxy) is 4. The Labute approximate surface area is 299 Å². The molecule has 4 heterocycles. The van der Waals surface area contributed by atoms with Crippen molar-refractivity contribution in [3.05, 3.63) is 0 Å². The normalized spacial score (nSPS) is 46.4. The summed E-state index contributed by atoms with van der Waals surface area (Å²) in [6.45, 7) is -0.290. The van der Waals surface area contributed by atoms with E-state index < -0.39 is 136 Å². The molecule has 0 saturated carbocycles. The lowest BCUT2D eigenvalue weighted by Crippen LogP contribution is -2.62. The van der Waals surface area contributed by atoms with Gasteiger partial charge in [-0.1, -0.05) is 0 Å². The maximum atomic E-state index is 9.45. The van der Waals surface area contributed by atoms with Crippen LogP contribution in [0.5, 0.6) is 0 Å². The molecule has 0 amide bonds. The van der Waals surface area contributed by atoms with Crippen molar-refractivity contribution in [2.45, 2.75) is 123 Å². The topological polar surface area (TPSA) is 409 Å². The highest BCUT2D eigenvalue weighted by molar-refractivity contribution is 4.93. The number of aliphatic hydroxyl groups is 16. The summed E-state index contributed by atoms with van der Waals surface area (Å²) in [6.07, 6.45) is -21.3. The van der Waals surface area contributed by atoms with Gasteiger partial charge >= 0.3 is 0 Å². The van der Waals surface area contributed by atoms with Gasteiger partial charge in [0.15, 0.2) is 25.2 Å². The van der Waals surface area contributed by atoms with Crippen molar-refractivity contribution >= 4 is 0 Å². The summed E-state index contributed by atoms with van der Waals surface area (Å²) in [6, 6.07) is -1.48. The minimum Gasteiger partial charge on any atom is -0.394 e. The summed E-state index contributed by atoms with van der Waals surface area (Å²) in [5, 5.41) is 158. The number of hydrogen-bond acceptors (Lipinski definition) is 24. The highest BCUT2D eigenvalue weighted by Crippen LogP contribution is 2.22. The van der Waals surface area contributed by atoms with Crippen molar-refractivity contribution in [2.24, 2.45) is 0 Å². The molecule has 4 aliphatic heterocycles. The number of aliphatic hydroxyl groups excluding tert-OH is 16. The van der Waals surface area contributed by atoms with Gasteiger partial charge in [0.2, 0.25) is 0 Å². The van der Waals surface area contributed by atoms with E-state index in [1.54, 1.807) is 14.1 Å². The van der Waals surface area contributed by atoms with Gasteiger partial charge in [-0.15, -0.1) is 0 Å². The first-order chi connectivity index (χ1) is 24.4. The Hall–Kier alpha value is -0.960. The first kappa shape index (κ1) is 49.1. The molecular weight excluding hydrogens is 712 g/mol. The molecule has 4 rings (SSSR count). The zero-order valence-electron chi connectivity index (χ0n) is 29.2. The van der Waals surface area contributed by atoms with Gasteiger partial charge in [0, 0.05) is 13.1 Å². The molecule has 0 bridgehead atoms. The fourth-order valence-electron chi connectivity index (χ4n) is 5.42. The van der Waals surface area contributed by atoms with Gasteiger partial charge in [0.05, 0.1) is 25.3 Å². The minimum atomic E-state index is -1.46. The van der Waals surface area contributed by atoms with Crippen LogP contribution in [0.1, 0.15) is 0 Å². The third-order valence-corrected chi connectivity index (χ3v) is 8.65. The zero-order valence-corrected chi connectivity index (χ0v) is 29.2. The van der Waals surface area contributed by atoms with E-state index in [2.05, 4.69) is 21.3 Å². The molecule has 4 aliphatic rings. The quantitative estimate of drug-likeness (QED) is 0.109. The monoisotopic (exact) mass is 772 g/mol. The zero-order chi connectivity index (χ0) is 40.0. The first-order valence-corrected chi connectivity index (χ1v) is 16.4. The van der Waals surface area contributed by atoms with Crippen LogP contribution >= 0.6 is 0 Å². The predicted octanol–water partition coefficient (Wildman–Crippen LogP) is -12.0. The van der Waals surface area contributed by atoms with E-state index in [0.717, 1.165) is 0 Å². The molecule has 24 nitrogen and oxygen atoms in total. The maximum absolute atomic E-state index is 9.45. The van der Waals surface area contributed by atoms with E-state index in [0.29, 0.717) is 13.1 Å². The van der Waals surface area contributed by atoms with Gasteiger partial charge in [-0.05, 0) is 28.2 Å². The van der Waals surface area contributed by atoms with E-state index in [-0.39, 0.29) is 0 Å². The lowest BCUT2D eigenvalue weighted by molar-refractivity contribution is -0.280. The van der Waals surface area contributed by atoms with Crippen LogP contribution in [0.15, 0.2) is 0 Å². The molecule has 0 radical (unpaired) electrons. The van der Waals surface area contributed by atoms with Crippen LogP contribution in [0, 0.1) is 0 Å². The fourth-order valence-corrected chi connectivity index (χ4v) is 5.42. The lowest BCUT2D eigenvalue weighted by atomic mass is 9.97. The molecule has 10 unspecified atom stereocenters. The molecule has 4 fully saturated rings. The van der Waals surface area contributed by atoms with Crippen molar-refractivity contribution in [2.75, 3.05) is 54.5 Å². The van der Waals surface area contributed by atoms with E-state index >= 15 is 0 Å². The van der Waals surface area contributed by atoms with Crippen molar-refractivity contribution in [1.82, 2.24) is 21.3 Å². The Morgan fingerprint density at radius 1 is 0.346 bits per heavy atom. The van der Waals surface area contributed by atoms with Crippen molar-refractivity contribution in [3.63, 3.8) is 0 Å². The van der Waals surface area contributed by atoms with Gasteiger partial charge in [-0.3, -0.25) is 0 Å². The Morgan fingerprint density at radius 3 is 0.865 bits per heavy atom. The molecular formula is C28H60N4O20. The van der Waals surface area contributed by atoms with Gasteiger partial charge in [0.1, 0.15) is 85.5 Å². The molecule has 20 atom stereocenters. The van der Waals surface area contributed by atoms with Crippen LogP contribution in [0.4, 0.5) is 0 Å². The van der Waals surface area contributed by atoms with Gasteiger partial charge in [-0.2, -0.15) is 0 Å². The van der Waals surface area contributed by atoms with Crippen LogP contribution in [0.25, 0.3) is 0 Å². The van der Waals surface area contributed by atoms with Gasteiger partial charge < -0.3 is 122 Å². The van der Waals surface area contributed by atoms with Crippen LogP contribution < -0.4 is 21.3 Å². The number of hydrogen-bond donors (Lipinski definition) is 20. The molecule has 0 aromatic carbocycles. The van der Waals surface area contributed by atoms with Crippen molar-refractivity contribution < 1.29 is 101 Å². The Kier molecular flexibility index (Phi) is 22.5. The molecule has 0 aromatic rings. The van der Waals surface area contributed by atoms with Gasteiger partial charge in [-0.25, -0.2) is 0 Å². The Balaban J connectivity index is 0.000000347. The molecule has 20 N–H and O–H groups in total. The van der Waals surface area contributed by atoms with Crippen LogP contribution in [-0.2, 0) is 18.9 Å². The number of likely N-dealkylation sites (N-methyl/N-ethyl adjacent to an activating group) is 4. The molecule has 0 spiro atoms. The summed E-state index contributed by atoms with van der Waals surface area (Å²) >= 11 is 0. The molecule has 312 valence electrons. The number of nitrogens with one attached hydrogen (secondary N) is 4. The summed E-state index contributed by atoms with van der Waals surface area (Å²) in [4.78, 5) is 0. The molecule has 0 aliphatic carbocycles. The summed E-state index contributed by atoms with van der Waals surface area (Å²) in [7, 11) is 6.37. The van der Waals surface area contributed by atoms with Crippen molar-refractivity contribution in [1.29, 1.82) is 0 Å². The maximum Gasteiger partial charge on any atom is 0.184 e. The second kappa shape index (κ2) is 23.8. The van der Waals surface area contributed by atoms with E-state index in [4.69, 9.17) is 49.6 Å². The standard InChI is InChI=1S/4C7H15NO5/c2*1-8-4-6(11)5(10)3(2-9)13-7(4)12;2*1-8-2-3-4(9)5(10)6(11)7(12)13-3/h4*3-12H,2H2,1H3/t3?,4?,5-,6-,7?;3?,4?,5-,6-,7-;3?,4-,5+,6?,7?;3?,4-,5+,6?,7-/m1010/s1. The second-order valence-electron chi connectivity index (χ2n) is 12.3. The average Bonchev–Trinajstić information content (AvgIpc) is 3.12. The largest absolute Gasteiger partial charge is 0.394 e. The lowest BCUT2D eigenvalue weighted by Gasteiger charge is -2.39. The van der Waals surface area contributed by atoms with Crippen LogP contribution in [0.3, 0.4) is 0 Å². The molecule has 24 heteroatoms. The second-order valence-corrected chi connectivity index (χ2v) is 12.3. The molecule has 0 aromatic heterocycles. The summed E-state index contributed by atoms with van der Waals surface area (Å²) < 4.78 is 19.4. The van der Waals surface area contributed by atoms with Crippen LogP contribution in [-0.4, -0.2) is 259 Å². The fraction of sp³-hybridized carbons (Fsp3) is 1.00. The summed E-state index contributed by atoms with van der Waals surface area (Å²) in [5.41, 5.74) is 0. The van der Waals surface area contributed by atoms with E-state index in [1.165, 1.54) is 14.1 Å². The molecule has 4 saturated heterocycles. The minimum absolute atomic E-state index is 0.294. The Bertz CT molecular complexity index is 872. The Morgan fingerprint density at radius 2 is 0.615 bits per heavy atom. The first-order valence-electron chi connectivity index (χ1n) is 16.4. The number of rotatable bonds is 8. The third kappa shape index (κ3) is 13.1. The van der Waals surface area contributed by atoms with E-state index in [1.807, 2.05) is 0 Å². The van der Waals surface area contributed by atoms with Crippen molar-refractivity contribution in [3.8, 4) is 0 Å².